The zero-order valence-corrected chi connectivity index (χ0v) is 9.66. The molecule has 0 unspecified atom stereocenters. The Morgan fingerprint density at radius 1 is 1.54 bits per heavy atom. The second-order valence-electron chi connectivity index (χ2n) is 3.25. The number of thioether (sulfide) groups is 1. The van der Waals surface area contributed by atoms with Crippen LogP contribution in [0.5, 0.6) is 0 Å². The highest BCUT2D eigenvalue weighted by Crippen LogP contribution is 2.46. The molecule has 1 aromatic carbocycles. The zero-order chi connectivity index (χ0) is 9.42. The van der Waals surface area contributed by atoms with Gasteiger partial charge in [-0.05, 0) is 36.3 Å². The summed E-state index contributed by atoms with van der Waals surface area (Å²) in [5.41, 5.74) is 1.12. The maximum Gasteiger partial charge on any atom is 0.137 e. The van der Waals surface area contributed by atoms with Crippen LogP contribution in [-0.4, -0.2) is 11.1 Å². The molecule has 1 aliphatic carbocycles. The Morgan fingerprint density at radius 3 is 2.69 bits per heavy atom. The Labute approximate surface area is 90.0 Å². The fourth-order valence-electron chi connectivity index (χ4n) is 1.42. The number of alkyl halides is 1. The molecular weight excluding hydrogens is 251 g/mol. The van der Waals surface area contributed by atoms with Crippen LogP contribution in [0.15, 0.2) is 23.1 Å². The lowest BCUT2D eigenvalue weighted by molar-refractivity contribution is 0.600. The van der Waals surface area contributed by atoms with Crippen molar-refractivity contribution >= 4 is 27.7 Å². The second-order valence-corrected chi connectivity index (χ2v) is 5.28. The minimum atomic E-state index is -0.0865. The molecule has 0 nitrogen and oxygen atoms in total. The maximum absolute atomic E-state index is 13.3. The quantitative estimate of drug-likeness (QED) is 0.576. The van der Waals surface area contributed by atoms with Crippen molar-refractivity contribution in [1.29, 1.82) is 0 Å². The van der Waals surface area contributed by atoms with Crippen molar-refractivity contribution < 1.29 is 4.39 Å². The molecule has 70 valence electrons. The molecule has 1 aromatic rings. The van der Waals surface area contributed by atoms with Crippen LogP contribution < -0.4 is 0 Å². The third-order valence-electron chi connectivity index (χ3n) is 2.32. The molecule has 0 aliphatic heterocycles. The van der Waals surface area contributed by atoms with Crippen molar-refractivity contribution in [2.75, 3.05) is 6.26 Å². The van der Waals surface area contributed by atoms with Crippen LogP contribution in [0, 0.1) is 5.82 Å². The molecule has 0 radical (unpaired) electrons. The lowest BCUT2D eigenvalue weighted by Crippen LogP contribution is -1.86. The van der Waals surface area contributed by atoms with Gasteiger partial charge in [-0.2, -0.15) is 0 Å². The van der Waals surface area contributed by atoms with Crippen molar-refractivity contribution in [1.82, 2.24) is 0 Å². The summed E-state index contributed by atoms with van der Waals surface area (Å²) in [6.07, 6.45) is 3.03. The van der Waals surface area contributed by atoms with Gasteiger partial charge in [-0.3, -0.25) is 0 Å². The molecule has 0 N–H and O–H groups in total. The van der Waals surface area contributed by atoms with Crippen molar-refractivity contribution in [3.63, 3.8) is 0 Å². The van der Waals surface area contributed by atoms with Crippen LogP contribution in [0.25, 0.3) is 0 Å². The predicted molar refractivity (Wildman–Crippen MR) is 58.3 cm³/mol. The molecule has 1 aliphatic rings. The van der Waals surface area contributed by atoms with Gasteiger partial charge in [-0.1, -0.05) is 22.0 Å². The van der Waals surface area contributed by atoms with Crippen LogP contribution in [0.3, 0.4) is 0 Å². The summed E-state index contributed by atoms with van der Waals surface area (Å²) in [5, 5.41) is 0. The fourth-order valence-corrected chi connectivity index (χ4v) is 2.59. The van der Waals surface area contributed by atoms with Gasteiger partial charge in [0, 0.05) is 9.72 Å². The number of hydrogen-bond acceptors (Lipinski definition) is 1. The van der Waals surface area contributed by atoms with E-state index in [1.54, 1.807) is 6.07 Å². The highest BCUT2D eigenvalue weighted by atomic mass is 79.9. The Kier molecular flexibility index (Phi) is 2.65. The van der Waals surface area contributed by atoms with E-state index >= 15 is 0 Å². The first kappa shape index (κ1) is 9.53. The SMILES string of the molecule is CSc1ccc([C@@H]2C[C@H]2Br)cc1F. The van der Waals surface area contributed by atoms with Crippen LogP contribution in [0.4, 0.5) is 4.39 Å². The second kappa shape index (κ2) is 3.62. The summed E-state index contributed by atoms with van der Waals surface area (Å²) in [6.45, 7) is 0. The minimum absolute atomic E-state index is 0.0865. The summed E-state index contributed by atoms with van der Waals surface area (Å²) in [6, 6.07) is 5.56. The molecule has 0 heterocycles. The van der Waals surface area contributed by atoms with Crippen LogP contribution in [-0.2, 0) is 0 Å². The summed E-state index contributed by atoms with van der Waals surface area (Å²) in [5.74, 6) is 0.446. The lowest BCUT2D eigenvalue weighted by atomic mass is 10.1. The van der Waals surface area contributed by atoms with Crippen molar-refractivity contribution in [3.05, 3.63) is 29.6 Å². The highest BCUT2D eigenvalue weighted by molar-refractivity contribution is 9.09. The molecular formula is C10H10BrFS. The predicted octanol–water partition coefficient (Wildman–Crippen LogP) is 3.80. The van der Waals surface area contributed by atoms with Gasteiger partial charge >= 0.3 is 0 Å². The number of hydrogen-bond donors (Lipinski definition) is 0. The fraction of sp³-hybridized carbons (Fsp3) is 0.400. The topological polar surface area (TPSA) is 0 Å². The molecule has 13 heavy (non-hydrogen) atoms. The van der Waals surface area contributed by atoms with E-state index in [0.717, 1.165) is 16.9 Å². The number of halogens is 2. The van der Waals surface area contributed by atoms with Gasteiger partial charge < -0.3 is 0 Å². The Hall–Kier alpha value is -0.0200. The summed E-state index contributed by atoms with van der Waals surface area (Å²) < 4.78 is 13.3. The first-order valence-corrected chi connectivity index (χ1v) is 6.34. The third kappa shape index (κ3) is 1.91. The normalized spacial score (nSPS) is 26.1. The summed E-state index contributed by atoms with van der Waals surface area (Å²) in [4.78, 5) is 1.29. The number of rotatable bonds is 2. The average molecular weight is 261 g/mol. The van der Waals surface area contributed by atoms with E-state index < -0.39 is 0 Å². The molecule has 0 spiro atoms. The lowest BCUT2D eigenvalue weighted by Gasteiger charge is -2.02. The Balaban J connectivity index is 2.25. The molecule has 1 saturated carbocycles. The smallest absolute Gasteiger partial charge is 0.137 e. The highest BCUT2D eigenvalue weighted by Gasteiger charge is 2.36. The van der Waals surface area contributed by atoms with Gasteiger partial charge in [0.05, 0.1) is 0 Å². The Morgan fingerprint density at radius 2 is 2.23 bits per heavy atom. The van der Waals surface area contributed by atoms with E-state index in [-0.39, 0.29) is 5.82 Å². The van der Waals surface area contributed by atoms with Gasteiger partial charge in [0.15, 0.2) is 0 Å². The van der Waals surface area contributed by atoms with Crippen LogP contribution in [0.1, 0.15) is 17.9 Å². The van der Waals surface area contributed by atoms with E-state index in [1.165, 1.54) is 11.8 Å². The standard InChI is InChI=1S/C10H10BrFS/c1-13-10-3-2-6(4-9(10)12)7-5-8(7)11/h2-4,7-8H,5H2,1H3/t7-,8+/m0/s1. The minimum Gasteiger partial charge on any atom is -0.206 e. The van der Waals surface area contributed by atoms with E-state index in [4.69, 9.17) is 0 Å². The van der Waals surface area contributed by atoms with E-state index in [0.29, 0.717) is 10.7 Å². The van der Waals surface area contributed by atoms with Gasteiger partial charge in [0.1, 0.15) is 5.82 Å². The summed E-state index contributed by atoms with van der Waals surface area (Å²) in [7, 11) is 0. The first-order chi connectivity index (χ1) is 6.22. The van der Waals surface area contributed by atoms with Gasteiger partial charge in [-0.15, -0.1) is 11.8 Å². The Bertz CT molecular complexity index is 327. The molecule has 0 bridgehead atoms. The van der Waals surface area contributed by atoms with Gasteiger partial charge in [0.25, 0.3) is 0 Å². The van der Waals surface area contributed by atoms with E-state index in [1.807, 2.05) is 18.4 Å². The molecule has 0 amide bonds. The molecule has 0 aromatic heterocycles. The van der Waals surface area contributed by atoms with Crippen molar-refractivity contribution in [2.24, 2.45) is 0 Å². The van der Waals surface area contributed by atoms with Gasteiger partial charge in [0.2, 0.25) is 0 Å². The third-order valence-corrected chi connectivity index (χ3v) is 4.10. The first-order valence-electron chi connectivity index (χ1n) is 4.20. The van der Waals surface area contributed by atoms with Crippen LogP contribution >= 0.6 is 27.7 Å². The molecule has 3 heteroatoms. The number of benzene rings is 1. The monoisotopic (exact) mass is 260 g/mol. The average Bonchev–Trinajstić information content (AvgIpc) is 2.82. The van der Waals surface area contributed by atoms with E-state index in [2.05, 4.69) is 15.9 Å². The van der Waals surface area contributed by atoms with Gasteiger partial charge in [-0.25, -0.2) is 4.39 Å². The largest absolute Gasteiger partial charge is 0.206 e. The van der Waals surface area contributed by atoms with Crippen molar-refractivity contribution in [2.45, 2.75) is 22.1 Å². The molecule has 1 fully saturated rings. The van der Waals surface area contributed by atoms with Crippen LogP contribution in [0.2, 0.25) is 0 Å². The summed E-state index contributed by atoms with van der Waals surface area (Å²) >= 11 is 4.97. The molecule has 0 saturated heterocycles. The van der Waals surface area contributed by atoms with E-state index in [9.17, 15) is 4.39 Å². The van der Waals surface area contributed by atoms with Crippen molar-refractivity contribution in [3.8, 4) is 0 Å². The molecule has 2 atom stereocenters. The maximum atomic E-state index is 13.3. The zero-order valence-electron chi connectivity index (χ0n) is 7.26. The molecule has 2 rings (SSSR count).